The van der Waals surface area contributed by atoms with Gasteiger partial charge >= 0.3 is 0 Å². The number of methoxy groups -OCH3 is 1. The average Bonchev–Trinajstić information content (AvgIpc) is 3.67. The highest BCUT2D eigenvalue weighted by Crippen LogP contribution is 2.61. The van der Waals surface area contributed by atoms with Crippen molar-refractivity contribution in [2.24, 2.45) is 29.1 Å². The maximum atomic E-state index is 14.5. The zero-order chi connectivity index (χ0) is 48.0. The highest BCUT2D eigenvalue weighted by molar-refractivity contribution is 5.96. The first-order valence-electron chi connectivity index (χ1n) is 24.3. The van der Waals surface area contributed by atoms with E-state index < -0.39 is 24.2 Å². The number of aliphatic hydroxyl groups is 2. The third kappa shape index (κ3) is 12.0. The summed E-state index contributed by atoms with van der Waals surface area (Å²) in [7, 11) is 9.83. The number of ether oxygens (including phenoxy) is 1. The monoisotopic (exact) mass is 917 g/mol. The number of likely N-dealkylation sites (N-methyl/N-ethyl adjacent to an activating group) is 2. The van der Waals surface area contributed by atoms with Crippen LogP contribution >= 0.6 is 0 Å². The van der Waals surface area contributed by atoms with Gasteiger partial charge in [-0.15, -0.1) is 0 Å². The van der Waals surface area contributed by atoms with Crippen molar-refractivity contribution in [3.8, 4) is 16.9 Å². The van der Waals surface area contributed by atoms with Gasteiger partial charge in [0.05, 0.1) is 26.4 Å². The topological polar surface area (TPSA) is 139 Å². The Kier molecular flexibility index (Phi) is 16.6. The predicted octanol–water partition coefficient (Wildman–Crippen LogP) is 6.19. The number of rotatable bonds is 21. The fourth-order valence-corrected chi connectivity index (χ4v) is 11.5. The Labute approximate surface area is 399 Å². The molecule has 3 aliphatic carbocycles. The summed E-state index contributed by atoms with van der Waals surface area (Å²) >= 11 is 0. The number of hydrogen-bond donors (Lipinski definition) is 5. The van der Waals surface area contributed by atoms with Crippen LogP contribution in [-0.2, 0) is 35.6 Å². The molecule has 4 fully saturated rings. The van der Waals surface area contributed by atoms with E-state index in [1.165, 1.54) is 12.0 Å². The number of hydroxylamine groups is 2. The Balaban J connectivity index is 1.20. The largest absolute Gasteiger partial charge is 0.496 e. The van der Waals surface area contributed by atoms with Gasteiger partial charge in [0.1, 0.15) is 17.9 Å². The number of carbonyl (C=O) groups excluding carboxylic acids is 2. The molecular formula is C55H76N6O6. The molecule has 2 bridgehead atoms. The van der Waals surface area contributed by atoms with Crippen LogP contribution in [-0.4, -0.2) is 128 Å². The number of carbonyl (C=O) groups is 2. The summed E-state index contributed by atoms with van der Waals surface area (Å²) in [5.74, 6) is 0.966. The van der Waals surface area contributed by atoms with E-state index in [-0.39, 0.29) is 48.5 Å². The van der Waals surface area contributed by atoms with Crippen molar-refractivity contribution in [3.05, 3.63) is 125 Å². The van der Waals surface area contributed by atoms with E-state index in [2.05, 4.69) is 103 Å². The van der Waals surface area contributed by atoms with Crippen LogP contribution in [0.25, 0.3) is 11.1 Å². The van der Waals surface area contributed by atoms with Crippen molar-refractivity contribution in [2.45, 2.75) is 103 Å². The summed E-state index contributed by atoms with van der Waals surface area (Å²) < 4.78 is 6.25. The minimum absolute atomic E-state index is 0.0213. The van der Waals surface area contributed by atoms with Gasteiger partial charge in [0.25, 0.3) is 5.91 Å². The Morgan fingerprint density at radius 3 is 2.09 bits per heavy atom. The molecule has 4 aliphatic rings. The first-order valence-corrected chi connectivity index (χ1v) is 24.3. The fraction of sp³-hybridized carbons (Fsp3) is 0.527. The molecule has 1 saturated heterocycles. The summed E-state index contributed by atoms with van der Waals surface area (Å²) in [4.78, 5) is 39.7. The van der Waals surface area contributed by atoms with E-state index in [1.54, 1.807) is 19.1 Å². The molecule has 0 spiro atoms. The lowest BCUT2D eigenvalue weighted by Gasteiger charge is -2.62. The van der Waals surface area contributed by atoms with E-state index in [4.69, 9.17) is 9.57 Å². The molecule has 10 atom stereocenters. The lowest BCUT2D eigenvalue weighted by molar-refractivity contribution is -0.183. The Morgan fingerprint density at radius 1 is 0.866 bits per heavy atom. The molecule has 4 aromatic rings. The number of benzene rings is 4. The van der Waals surface area contributed by atoms with Gasteiger partial charge in [-0.25, -0.2) is 0 Å². The number of amides is 2. The lowest BCUT2D eigenvalue weighted by atomic mass is 9.45. The van der Waals surface area contributed by atoms with E-state index in [1.807, 2.05) is 68.7 Å². The van der Waals surface area contributed by atoms with Crippen LogP contribution in [0.1, 0.15) is 73.1 Å². The maximum absolute atomic E-state index is 14.5. The molecule has 8 rings (SSSR count). The summed E-state index contributed by atoms with van der Waals surface area (Å²) in [6, 6.07) is 31.8. The summed E-state index contributed by atoms with van der Waals surface area (Å²) in [6.45, 7) is 10.4. The zero-order valence-corrected chi connectivity index (χ0v) is 41.2. The molecule has 3 saturated carbocycles. The zero-order valence-electron chi connectivity index (χ0n) is 41.2. The normalized spacial score (nSPS) is 24.8. The van der Waals surface area contributed by atoms with Gasteiger partial charge in [-0.3, -0.25) is 14.4 Å². The molecule has 67 heavy (non-hydrogen) atoms. The van der Waals surface area contributed by atoms with Gasteiger partial charge in [-0.1, -0.05) is 99.6 Å². The fourth-order valence-electron chi connectivity index (χ4n) is 11.5. The number of aliphatic hydroxyl groups excluding tert-OH is 2. The van der Waals surface area contributed by atoms with Crippen LogP contribution in [0, 0.1) is 29.1 Å². The molecule has 1 aliphatic heterocycles. The van der Waals surface area contributed by atoms with Crippen molar-refractivity contribution in [1.82, 2.24) is 30.8 Å². The van der Waals surface area contributed by atoms with Crippen molar-refractivity contribution >= 4 is 11.8 Å². The van der Waals surface area contributed by atoms with Crippen molar-refractivity contribution < 1.29 is 29.4 Å². The van der Waals surface area contributed by atoms with Crippen LogP contribution in [0.5, 0.6) is 5.75 Å². The van der Waals surface area contributed by atoms with Gasteiger partial charge in [0.15, 0.2) is 0 Å². The summed E-state index contributed by atoms with van der Waals surface area (Å²) in [5, 5.41) is 33.8. The van der Waals surface area contributed by atoms with Crippen LogP contribution in [0.4, 0.5) is 0 Å². The Hall–Kier alpha value is -4.66. The maximum Gasteiger partial charge on any atom is 0.251 e. The molecule has 0 radical (unpaired) electrons. The first-order chi connectivity index (χ1) is 32.1. The first kappa shape index (κ1) is 50.2. The second-order valence-electron chi connectivity index (χ2n) is 20.8. The van der Waals surface area contributed by atoms with Crippen LogP contribution < -0.4 is 20.7 Å². The van der Waals surface area contributed by atoms with Crippen molar-refractivity contribution in [2.75, 3.05) is 55.0 Å². The van der Waals surface area contributed by atoms with Gasteiger partial charge < -0.3 is 40.7 Å². The number of fused-ring (bicyclic) bond motifs is 2. The third-order valence-corrected chi connectivity index (χ3v) is 15.0. The molecule has 12 nitrogen and oxygen atoms in total. The molecular weight excluding hydrogens is 841 g/mol. The second-order valence-corrected chi connectivity index (χ2v) is 20.8. The average molecular weight is 917 g/mol. The van der Waals surface area contributed by atoms with Crippen molar-refractivity contribution in [3.63, 3.8) is 0 Å². The Morgan fingerprint density at radius 2 is 1.51 bits per heavy atom. The molecule has 1 unspecified atom stereocenters. The number of hydrogen-bond acceptors (Lipinski definition) is 10. The minimum Gasteiger partial charge on any atom is -0.496 e. The number of nitrogens with zero attached hydrogens (tertiary/aromatic N) is 3. The van der Waals surface area contributed by atoms with E-state index in [0.29, 0.717) is 48.6 Å². The summed E-state index contributed by atoms with van der Waals surface area (Å²) in [6.07, 6.45) is 1.95. The highest BCUT2D eigenvalue weighted by Gasteiger charge is 2.57. The summed E-state index contributed by atoms with van der Waals surface area (Å²) in [5.41, 5.74) is 6.49. The van der Waals surface area contributed by atoms with Crippen LogP contribution in [0.3, 0.4) is 0 Å². The number of nitrogens with one attached hydrogen (secondary N) is 3. The molecule has 4 aromatic carbocycles. The SMILES string of the molecule is COc1c(CN2O[C@@H](CO)[C@@H]([C@H](C)O)[C@H]2C(=O)NC2C[C@H]3C[C@@H]([C@@H]2C)C3(C)C)cccc1-c1cc(CN[C@@H](Cc2ccccc2)CN(C)C)cc(C(=O)N[C@@H](Cc2ccccc2)CN(C)C)c1. The molecule has 2 amide bonds. The van der Waals surface area contributed by atoms with E-state index in [9.17, 15) is 19.8 Å². The van der Waals surface area contributed by atoms with Crippen LogP contribution in [0.15, 0.2) is 97.1 Å². The second kappa shape index (κ2) is 22.2. The van der Waals surface area contributed by atoms with Gasteiger partial charge in [0.2, 0.25) is 5.91 Å². The molecule has 1 heterocycles. The van der Waals surface area contributed by atoms with Gasteiger partial charge in [-0.2, -0.15) is 5.06 Å². The molecule has 0 aromatic heterocycles. The quantitative estimate of drug-likeness (QED) is 0.0659. The van der Waals surface area contributed by atoms with Gasteiger partial charge in [-0.05, 0) is 124 Å². The third-order valence-electron chi connectivity index (χ3n) is 15.0. The predicted molar refractivity (Wildman–Crippen MR) is 265 cm³/mol. The highest BCUT2D eigenvalue weighted by atomic mass is 16.7. The minimum atomic E-state index is -0.918. The van der Waals surface area contributed by atoms with Crippen molar-refractivity contribution in [1.29, 1.82) is 0 Å². The molecule has 362 valence electrons. The van der Waals surface area contributed by atoms with E-state index in [0.717, 1.165) is 47.2 Å². The molecule has 5 N–H and O–H groups in total. The van der Waals surface area contributed by atoms with Crippen LogP contribution in [0.2, 0.25) is 0 Å². The molecule has 12 heteroatoms. The Bertz CT molecular complexity index is 2250. The smallest absolute Gasteiger partial charge is 0.251 e. The van der Waals surface area contributed by atoms with Gasteiger partial charge in [0, 0.05) is 60.4 Å². The number of para-hydroxylation sites is 1. The lowest BCUT2D eigenvalue weighted by Crippen LogP contribution is -2.62. The standard InChI is InChI=1S/C55H76N6O6/c1-35-47-28-43(55(47,3)4)29-48(35)58-54(65)51-50(36(2)63)49(34-62)67-61(51)31-40-21-16-22-46(52(40)66-9)41-23-39(30-56-44(32-59(5)6)25-37-17-12-10-13-18-37)24-42(27-41)53(64)57-45(33-60(7)8)26-38-19-14-11-15-20-38/h10-24,27,35-36,43-45,47-51,56,62-63H,25-26,28-34H2,1-9H3,(H,57,64)(H,58,65)/t35-,36-,43+,44-,45-,47-,48?,49-,50+,51-/m0/s1. The van der Waals surface area contributed by atoms with E-state index >= 15 is 0 Å².